The lowest BCUT2D eigenvalue weighted by Crippen LogP contribution is -2.58. The van der Waals surface area contributed by atoms with Crippen LogP contribution in [-0.2, 0) is 19.1 Å². The molecule has 0 heterocycles. The Labute approximate surface area is 179 Å². The lowest BCUT2D eigenvalue weighted by Gasteiger charge is -2.58. The zero-order chi connectivity index (χ0) is 22.6. The van der Waals surface area contributed by atoms with Gasteiger partial charge in [0.25, 0.3) is 0 Å². The molecule has 2 fully saturated rings. The second-order valence-corrected chi connectivity index (χ2v) is 10.3. The topological polar surface area (TPSA) is 93.1 Å². The van der Waals surface area contributed by atoms with Gasteiger partial charge in [0, 0.05) is 25.7 Å². The molecule has 7 atom stereocenters. The summed E-state index contributed by atoms with van der Waals surface area (Å²) in [4.78, 5) is 24.2. The second kappa shape index (κ2) is 7.79. The van der Waals surface area contributed by atoms with E-state index in [9.17, 15) is 19.8 Å². The molecule has 2 saturated carbocycles. The normalized spacial score (nSPS) is 40.7. The molecule has 3 aliphatic carbocycles. The lowest BCUT2D eigenvalue weighted by atomic mass is 9.50. The van der Waals surface area contributed by atoms with Gasteiger partial charge in [0.05, 0.1) is 12.2 Å². The number of esters is 2. The Kier molecular flexibility index (Phi) is 5.98. The van der Waals surface area contributed by atoms with Gasteiger partial charge in [0.1, 0.15) is 12.2 Å². The number of hydrogen-bond donors (Lipinski definition) is 2. The maximum absolute atomic E-state index is 12.1. The first kappa shape index (κ1) is 23.0. The molecule has 0 amide bonds. The highest BCUT2D eigenvalue weighted by atomic mass is 16.5. The molecule has 168 valence electrons. The van der Waals surface area contributed by atoms with E-state index in [1.165, 1.54) is 13.8 Å². The van der Waals surface area contributed by atoms with Gasteiger partial charge < -0.3 is 19.7 Å². The summed E-state index contributed by atoms with van der Waals surface area (Å²) in [5.74, 6) is -1.25. The average Bonchev–Trinajstić information content (AvgIpc) is 2.59. The van der Waals surface area contributed by atoms with E-state index in [0.29, 0.717) is 31.3 Å². The first-order valence-corrected chi connectivity index (χ1v) is 10.9. The van der Waals surface area contributed by atoms with Crippen LogP contribution >= 0.6 is 0 Å². The van der Waals surface area contributed by atoms with E-state index in [4.69, 9.17) is 9.47 Å². The second-order valence-electron chi connectivity index (χ2n) is 10.3. The Hall–Kier alpha value is -1.66. The molecule has 6 heteroatoms. The summed E-state index contributed by atoms with van der Waals surface area (Å²) in [7, 11) is 0. The first-order chi connectivity index (χ1) is 13.8. The third-order valence-corrected chi connectivity index (χ3v) is 7.90. The molecular formula is C24H36O6. The Morgan fingerprint density at radius 2 is 1.67 bits per heavy atom. The van der Waals surface area contributed by atoms with E-state index < -0.39 is 29.8 Å². The van der Waals surface area contributed by atoms with Crippen LogP contribution in [0.5, 0.6) is 0 Å². The highest BCUT2D eigenvalue weighted by Crippen LogP contribution is 2.59. The number of rotatable bonds is 2. The quantitative estimate of drug-likeness (QED) is 0.526. The van der Waals surface area contributed by atoms with Crippen LogP contribution in [0.1, 0.15) is 67.2 Å². The number of ether oxygens (including phenoxy) is 2. The van der Waals surface area contributed by atoms with Crippen molar-refractivity contribution in [1.82, 2.24) is 0 Å². The SMILES string of the molecule is C=C1[C@@H](O)CC[C@@]2(C)C[C@H](OC(C)=O)C3=C(C)[C@H](O)C[C@@H]([C@@H](OC(C)=O)[C@H]12)C3(C)C. The van der Waals surface area contributed by atoms with Crippen molar-refractivity contribution in [3.05, 3.63) is 23.3 Å². The van der Waals surface area contributed by atoms with E-state index in [2.05, 4.69) is 27.4 Å². The van der Waals surface area contributed by atoms with Gasteiger partial charge in [-0.15, -0.1) is 0 Å². The standard InChI is InChI=1S/C24H36O6/c1-12-17(27)8-9-24(7)11-19(29-14(3)25)20-13(2)18(28)10-16(23(20,5)6)22(21(12)24)30-15(4)26/h16-19,21-22,27-28H,1,8-11H2,2-7H3/t16-,17-,18+,19-,21-,22+,24-/m0/s1. The molecular weight excluding hydrogens is 384 g/mol. The highest BCUT2D eigenvalue weighted by Gasteiger charge is 2.59. The first-order valence-electron chi connectivity index (χ1n) is 10.9. The van der Waals surface area contributed by atoms with Crippen LogP contribution in [-0.4, -0.2) is 46.6 Å². The van der Waals surface area contributed by atoms with Crippen molar-refractivity contribution in [3.8, 4) is 0 Å². The highest BCUT2D eigenvalue weighted by molar-refractivity contribution is 5.67. The maximum atomic E-state index is 12.1. The maximum Gasteiger partial charge on any atom is 0.303 e. The molecule has 2 N–H and O–H groups in total. The molecule has 0 aromatic carbocycles. The Morgan fingerprint density at radius 3 is 2.23 bits per heavy atom. The number of aliphatic hydroxyl groups is 2. The van der Waals surface area contributed by atoms with E-state index >= 15 is 0 Å². The van der Waals surface area contributed by atoms with Crippen molar-refractivity contribution in [1.29, 1.82) is 0 Å². The summed E-state index contributed by atoms with van der Waals surface area (Å²) in [6.07, 6.45) is -0.152. The summed E-state index contributed by atoms with van der Waals surface area (Å²) in [5.41, 5.74) is 1.57. The molecule has 3 rings (SSSR count). The van der Waals surface area contributed by atoms with Gasteiger partial charge in [-0.25, -0.2) is 0 Å². The lowest BCUT2D eigenvalue weighted by molar-refractivity contribution is -0.170. The minimum absolute atomic E-state index is 0.208. The van der Waals surface area contributed by atoms with E-state index in [-0.39, 0.29) is 29.2 Å². The number of fused-ring (bicyclic) bond motifs is 3. The molecule has 6 nitrogen and oxygen atoms in total. The summed E-state index contributed by atoms with van der Waals surface area (Å²) >= 11 is 0. The minimum Gasteiger partial charge on any atom is -0.462 e. The molecule has 0 aromatic heterocycles. The molecule has 3 aliphatic rings. The number of carbonyl (C=O) groups is 2. The number of aliphatic hydroxyl groups excluding tert-OH is 2. The summed E-state index contributed by atoms with van der Waals surface area (Å²) in [6, 6.07) is 0. The van der Waals surface area contributed by atoms with Gasteiger partial charge in [0.2, 0.25) is 0 Å². The van der Waals surface area contributed by atoms with Gasteiger partial charge in [-0.1, -0.05) is 27.4 Å². The van der Waals surface area contributed by atoms with Gasteiger partial charge in [-0.05, 0) is 60.2 Å². The Morgan fingerprint density at radius 1 is 1.07 bits per heavy atom. The zero-order valence-electron chi connectivity index (χ0n) is 19.0. The summed E-state index contributed by atoms with van der Waals surface area (Å²) in [5, 5.41) is 21.5. The van der Waals surface area contributed by atoms with Crippen molar-refractivity contribution in [2.24, 2.45) is 22.7 Å². The largest absolute Gasteiger partial charge is 0.462 e. The van der Waals surface area contributed by atoms with Crippen LogP contribution in [0.2, 0.25) is 0 Å². The van der Waals surface area contributed by atoms with Crippen LogP contribution in [0, 0.1) is 22.7 Å². The molecule has 0 aliphatic heterocycles. The van der Waals surface area contributed by atoms with Crippen molar-refractivity contribution >= 4 is 11.9 Å². The monoisotopic (exact) mass is 420 g/mol. The predicted molar refractivity (Wildman–Crippen MR) is 112 cm³/mol. The minimum atomic E-state index is -0.708. The Balaban J connectivity index is 2.25. The van der Waals surface area contributed by atoms with Crippen molar-refractivity contribution in [2.75, 3.05) is 0 Å². The summed E-state index contributed by atoms with van der Waals surface area (Å²) in [6.45, 7) is 15.2. The van der Waals surface area contributed by atoms with Crippen LogP contribution in [0.15, 0.2) is 23.3 Å². The van der Waals surface area contributed by atoms with Gasteiger partial charge in [-0.3, -0.25) is 9.59 Å². The fourth-order valence-electron chi connectivity index (χ4n) is 6.51. The fraction of sp³-hybridized carbons (Fsp3) is 0.750. The van der Waals surface area contributed by atoms with Crippen LogP contribution in [0.3, 0.4) is 0 Å². The fourth-order valence-corrected chi connectivity index (χ4v) is 6.51. The summed E-state index contributed by atoms with van der Waals surface area (Å²) < 4.78 is 11.8. The van der Waals surface area contributed by atoms with Crippen molar-refractivity contribution in [3.63, 3.8) is 0 Å². The third-order valence-electron chi connectivity index (χ3n) is 7.90. The van der Waals surface area contributed by atoms with Crippen LogP contribution < -0.4 is 0 Å². The molecule has 0 aromatic rings. The molecule has 30 heavy (non-hydrogen) atoms. The molecule has 0 spiro atoms. The molecule has 2 bridgehead atoms. The Bertz CT molecular complexity index is 781. The zero-order valence-corrected chi connectivity index (χ0v) is 19.0. The third kappa shape index (κ3) is 3.73. The van der Waals surface area contributed by atoms with Gasteiger partial charge >= 0.3 is 11.9 Å². The molecule has 0 saturated heterocycles. The number of carbonyl (C=O) groups excluding carboxylic acids is 2. The van der Waals surface area contributed by atoms with E-state index in [1.54, 1.807) is 0 Å². The number of hydrogen-bond acceptors (Lipinski definition) is 6. The van der Waals surface area contributed by atoms with Crippen LogP contribution in [0.4, 0.5) is 0 Å². The van der Waals surface area contributed by atoms with Gasteiger partial charge in [-0.2, -0.15) is 0 Å². The molecule has 0 radical (unpaired) electrons. The van der Waals surface area contributed by atoms with Crippen molar-refractivity contribution < 1.29 is 29.3 Å². The average molecular weight is 421 g/mol. The van der Waals surface area contributed by atoms with Crippen LogP contribution in [0.25, 0.3) is 0 Å². The van der Waals surface area contributed by atoms with Crippen molar-refractivity contribution in [2.45, 2.75) is 91.6 Å². The van der Waals surface area contributed by atoms with Gasteiger partial charge in [0.15, 0.2) is 0 Å². The van der Waals surface area contributed by atoms with E-state index in [0.717, 1.165) is 11.1 Å². The smallest absolute Gasteiger partial charge is 0.303 e. The van der Waals surface area contributed by atoms with E-state index in [1.807, 2.05) is 6.92 Å². The predicted octanol–water partition coefficient (Wildman–Crippen LogP) is 3.31. The molecule has 0 unspecified atom stereocenters.